The van der Waals surface area contributed by atoms with E-state index in [1.807, 2.05) is 0 Å². The van der Waals surface area contributed by atoms with Crippen LogP contribution in [0, 0.1) is 17.1 Å². The summed E-state index contributed by atoms with van der Waals surface area (Å²) in [7, 11) is 0. The summed E-state index contributed by atoms with van der Waals surface area (Å²) >= 11 is 3.05. The third-order valence-electron chi connectivity index (χ3n) is 1.55. The minimum Gasteiger partial charge on any atom is -0.302 e. The minimum absolute atomic E-state index is 0.0191. The zero-order valence-electron chi connectivity index (χ0n) is 6.50. The van der Waals surface area contributed by atoms with Crippen molar-refractivity contribution in [2.24, 2.45) is 0 Å². The van der Waals surface area contributed by atoms with Crippen molar-refractivity contribution in [2.45, 2.75) is 4.83 Å². The van der Waals surface area contributed by atoms with Crippen LogP contribution >= 0.6 is 15.9 Å². The SMILES string of the molecule is N#Cc1ccc(C(Br)C=O)cc1F. The van der Waals surface area contributed by atoms with Crippen molar-refractivity contribution < 1.29 is 9.18 Å². The van der Waals surface area contributed by atoms with E-state index in [-0.39, 0.29) is 5.56 Å². The summed E-state index contributed by atoms with van der Waals surface area (Å²) in [5.74, 6) is -0.605. The highest BCUT2D eigenvalue weighted by atomic mass is 79.9. The fraction of sp³-hybridized carbons (Fsp3) is 0.111. The Morgan fingerprint density at radius 3 is 2.77 bits per heavy atom. The average Bonchev–Trinajstić information content (AvgIpc) is 2.16. The van der Waals surface area contributed by atoms with Gasteiger partial charge in [-0.2, -0.15) is 5.26 Å². The summed E-state index contributed by atoms with van der Waals surface area (Å²) < 4.78 is 13.0. The molecule has 13 heavy (non-hydrogen) atoms. The monoisotopic (exact) mass is 241 g/mol. The number of benzene rings is 1. The summed E-state index contributed by atoms with van der Waals surface area (Å²) in [6.45, 7) is 0. The summed E-state index contributed by atoms with van der Waals surface area (Å²) in [4.78, 5) is 9.82. The fourth-order valence-electron chi connectivity index (χ4n) is 0.872. The van der Waals surface area contributed by atoms with E-state index in [4.69, 9.17) is 5.26 Å². The molecule has 0 aliphatic carbocycles. The van der Waals surface area contributed by atoms with Crippen LogP contribution in [0.3, 0.4) is 0 Å². The molecule has 0 aromatic heterocycles. The van der Waals surface area contributed by atoms with Gasteiger partial charge in [0.05, 0.1) is 10.4 Å². The Morgan fingerprint density at radius 2 is 2.31 bits per heavy atom. The van der Waals surface area contributed by atoms with Crippen molar-refractivity contribution in [3.63, 3.8) is 0 Å². The number of nitrogens with zero attached hydrogens (tertiary/aromatic N) is 1. The molecule has 0 bridgehead atoms. The number of aldehydes is 1. The number of nitriles is 1. The van der Waals surface area contributed by atoms with Crippen molar-refractivity contribution in [3.8, 4) is 6.07 Å². The van der Waals surface area contributed by atoms with E-state index in [1.165, 1.54) is 18.2 Å². The Hall–Kier alpha value is -1.21. The van der Waals surface area contributed by atoms with Crippen LogP contribution in [0.25, 0.3) is 0 Å². The van der Waals surface area contributed by atoms with E-state index >= 15 is 0 Å². The molecule has 0 saturated carbocycles. The quantitative estimate of drug-likeness (QED) is 0.589. The van der Waals surface area contributed by atoms with E-state index in [2.05, 4.69) is 15.9 Å². The number of hydrogen-bond donors (Lipinski definition) is 0. The second-order valence-electron chi connectivity index (χ2n) is 2.39. The molecule has 1 aromatic rings. The first-order valence-electron chi connectivity index (χ1n) is 3.48. The Bertz CT molecular complexity index is 372. The lowest BCUT2D eigenvalue weighted by atomic mass is 10.1. The zero-order valence-corrected chi connectivity index (χ0v) is 8.08. The molecule has 0 radical (unpaired) electrons. The van der Waals surface area contributed by atoms with Gasteiger partial charge in [0.15, 0.2) is 0 Å². The van der Waals surface area contributed by atoms with Crippen molar-refractivity contribution in [1.82, 2.24) is 0 Å². The second-order valence-corrected chi connectivity index (χ2v) is 3.38. The van der Waals surface area contributed by atoms with Gasteiger partial charge in [-0.05, 0) is 17.7 Å². The number of rotatable bonds is 2. The fourth-order valence-corrected chi connectivity index (χ4v) is 1.16. The Morgan fingerprint density at radius 1 is 1.62 bits per heavy atom. The predicted octanol–water partition coefficient (Wildman–Crippen LogP) is 2.33. The number of hydrogen-bond acceptors (Lipinski definition) is 2. The molecule has 0 saturated heterocycles. The molecule has 4 heteroatoms. The first-order valence-corrected chi connectivity index (χ1v) is 4.39. The Balaban J connectivity index is 3.11. The summed E-state index contributed by atoms with van der Waals surface area (Å²) in [6, 6.07) is 5.76. The van der Waals surface area contributed by atoms with E-state index in [9.17, 15) is 9.18 Å². The molecule has 0 aliphatic heterocycles. The van der Waals surface area contributed by atoms with Gasteiger partial charge in [-0.25, -0.2) is 4.39 Å². The second kappa shape index (κ2) is 4.15. The van der Waals surface area contributed by atoms with Gasteiger partial charge in [0, 0.05) is 0 Å². The highest BCUT2D eigenvalue weighted by Gasteiger charge is 2.08. The van der Waals surface area contributed by atoms with Crippen LogP contribution in [-0.4, -0.2) is 6.29 Å². The molecule has 0 N–H and O–H groups in total. The van der Waals surface area contributed by atoms with Gasteiger partial charge < -0.3 is 4.79 Å². The van der Waals surface area contributed by atoms with Gasteiger partial charge in [0.25, 0.3) is 0 Å². The predicted molar refractivity (Wildman–Crippen MR) is 48.8 cm³/mol. The van der Waals surface area contributed by atoms with Crippen molar-refractivity contribution in [3.05, 3.63) is 35.1 Å². The maximum Gasteiger partial charge on any atom is 0.141 e. The van der Waals surface area contributed by atoms with E-state index in [1.54, 1.807) is 6.07 Å². The normalized spacial score (nSPS) is 11.8. The minimum atomic E-state index is -0.605. The van der Waals surface area contributed by atoms with Crippen LogP contribution in [0.4, 0.5) is 4.39 Å². The van der Waals surface area contributed by atoms with Crippen molar-refractivity contribution >= 4 is 22.2 Å². The van der Waals surface area contributed by atoms with Crippen LogP contribution in [-0.2, 0) is 4.79 Å². The van der Waals surface area contributed by atoms with Gasteiger partial charge in [0.2, 0.25) is 0 Å². The molecule has 0 fully saturated rings. The van der Waals surface area contributed by atoms with Crippen LogP contribution in [0.1, 0.15) is 16.0 Å². The molecule has 0 spiro atoms. The van der Waals surface area contributed by atoms with Crippen LogP contribution in [0.5, 0.6) is 0 Å². The van der Waals surface area contributed by atoms with Crippen molar-refractivity contribution in [1.29, 1.82) is 5.26 Å². The summed E-state index contributed by atoms with van der Waals surface area (Å²) in [5.41, 5.74) is 0.487. The number of halogens is 2. The number of carbonyl (C=O) groups excluding carboxylic acids is 1. The molecule has 2 nitrogen and oxygen atoms in total. The molecular formula is C9H5BrFNO. The van der Waals surface area contributed by atoms with E-state index in [0.717, 1.165) is 0 Å². The molecule has 66 valence electrons. The first kappa shape index (κ1) is 9.87. The molecular weight excluding hydrogens is 237 g/mol. The van der Waals surface area contributed by atoms with Crippen molar-refractivity contribution in [2.75, 3.05) is 0 Å². The highest BCUT2D eigenvalue weighted by molar-refractivity contribution is 9.09. The van der Waals surface area contributed by atoms with E-state index in [0.29, 0.717) is 11.8 Å². The molecule has 1 rings (SSSR count). The number of carbonyl (C=O) groups is 1. The van der Waals surface area contributed by atoms with Gasteiger partial charge in [-0.1, -0.05) is 22.0 Å². The van der Waals surface area contributed by atoms with Crippen LogP contribution in [0.15, 0.2) is 18.2 Å². The average molecular weight is 242 g/mol. The molecule has 1 atom stereocenters. The number of alkyl halides is 1. The molecule has 1 aromatic carbocycles. The van der Waals surface area contributed by atoms with E-state index < -0.39 is 10.6 Å². The van der Waals surface area contributed by atoms with Crippen LogP contribution < -0.4 is 0 Å². The third-order valence-corrected chi connectivity index (χ3v) is 2.30. The molecule has 0 aliphatic rings. The van der Waals surface area contributed by atoms with Gasteiger partial charge >= 0.3 is 0 Å². The first-order chi connectivity index (χ1) is 6.19. The van der Waals surface area contributed by atoms with Crippen LogP contribution in [0.2, 0.25) is 0 Å². The van der Waals surface area contributed by atoms with Gasteiger partial charge in [-0.15, -0.1) is 0 Å². The lowest BCUT2D eigenvalue weighted by Gasteiger charge is -2.02. The molecule has 0 amide bonds. The Labute approximate surface area is 83.1 Å². The largest absolute Gasteiger partial charge is 0.302 e. The summed E-state index contributed by atoms with van der Waals surface area (Å²) in [6.07, 6.45) is 0.654. The van der Waals surface area contributed by atoms with Gasteiger partial charge in [0.1, 0.15) is 18.2 Å². The standard InChI is InChI=1S/C9H5BrFNO/c10-8(5-13)6-1-2-7(4-12)9(11)3-6/h1-3,5,8H. The maximum atomic E-state index is 13.0. The zero-order chi connectivity index (χ0) is 9.84. The lowest BCUT2D eigenvalue weighted by Crippen LogP contribution is -1.93. The van der Waals surface area contributed by atoms with Gasteiger partial charge in [-0.3, -0.25) is 0 Å². The molecule has 0 heterocycles. The lowest BCUT2D eigenvalue weighted by molar-refractivity contribution is -0.107. The highest BCUT2D eigenvalue weighted by Crippen LogP contribution is 2.21. The Kier molecular flexibility index (Phi) is 3.15. The molecule has 1 unspecified atom stereocenters. The third kappa shape index (κ3) is 2.13. The topological polar surface area (TPSA) is 40.9 Å². The smallest absolute Gasteiger partial charge is 0.141 e. The maximum absolute atomic E-state index is 13.0. The summed E-state index contributed by atoms with van der Waals surface area (Å²) in [5, 5.41) is 8.43.